The highest BCUT2D eigenvalue weighted by atomic mass is 16.5. The van der Waals surface area contributed by atoms with Gasteiger partial charge in [-0.05, 0) is 18.1 Å². The molecule has 7 nitrogen and oxygen atoms in total. The minimum Gasteiger partial charge on any atom is -0.493 e. The first-order valence-electron chi connectivity index (χ1n) is 8.41. The summed E-state index contributed by atoms with van der Waals surface area (Å²) in [5.41, 5.74) is 1.43. The normalized spacial score (nSPS) is 10.7. The van der Waals surface area contributed by atoms with Crippen LogP contribution in [-0.2, 0) is 11.3 Å². The molecule has 2 aromatic rings. The average molecular weight is 362 g/mol. The topological polar surface area (TPSA) is 74.0 Å². The first-order valence-corrected chi connectivity index (χ1v) is 8.41. The zero-order chi connectivity index (χ0) is 19.3. The fourth-order valence-electron chi connectivity index (χ4n) is 2.69. The van der Waals surface area contributed by atoms with Crippen molar-refractivity contribution in [2.24, 2.45) is 5.92 Å². The van der Waals surface area contributed by atoms with E-state index in [2.05, 4.69) is 19.0 Å². The van der Waals surface area contributed by atoms with Crippen molar-refractivity contribution in [1.82, 2.24) is 10.1 Å². The molecule has 0 unspecified atom stereocenters. The van der Waals surface area contributed by atoms with E-state index in [4.69, 9.17) is 18.7 Å². The summed E-state index contributed by atoms with van der Waals surface area (Å²) >= 11 is 0. The molecule has 0 saturated carbocycles. The molecule has 0 radical (unpaired) electrons. The van der Waals surface area contributed by atoms with E-state index < -0.39 is 0 Å². The Morgan fingerprint density at radius 2 is 1.73 bits per heavy atom. The van der Waals surface area contributed by atoms with Crippen LogP contribution in [0.5, 0.6) is 17.2 Å². The van der Waals surface area contributed by atoms with Crippen LogP contribution in [0.4, 0.5) is 0 Å². The van der Waals surface area contributed by atoms with Gasteiger partial charge in [0.05, 0.1) is 27.9 Å². The Morgan fingerprint density at radius 3 is 2.19 bits per heavy atom. The molecule has 0 N–H and O–H groups in total. The van der Waals surface area contributed by atoms with Gasteiger partial charge in [-0.25, -0.2) is 0 Å². The smallest absolute Gasteiger partial charge is 0.219 e. The van der Waals surface area contributed by atoms with Crippen molar-refractivity contribution in [3.63, 3.8) is 0 Å². The van der Waals surface area contributed by atoms with Gasteiger partial charge in [-0.15, -0.1) is 0 Å². The second kappa shape index (κ2) is 8.60. The molecular weight excluding hydrogens is 336 g/mol. The number of carbonyl (C=O) groups excluding carboxylic acids is 1. The molecule has 1 amide bonds. The maximum atomic E-state index is 11.8. The van der Waals surface area contributed by atoms with Gasteiger partial charge >= 0.3 is 0 Å². The van der Waals surface area contributed by atoms with Crippen LogP contribution in [0.2, 0.25) is 0 Å². The Kier molecular flexibility index (Phi) is 6.49. The highest BCUT2D eigenvalue weighted by molar-refractivity contribution is 5.73. The standard InChI is InChI=1S/C19H26N2O5/c1-12(2)10-21(13(3)22)11-15-9-16(26-20-15)14-7-17(23-4)19(25-6)18(8-14)24-5/h7-9,12H,10-11H2,1-6H3. The third-order valence-corrected chi connectivity index (χ3v) is 3.89. The van der Waals surface area contributed by atoms with Gasteiger partial charge in [-0.2, -0.15) is 0 Å². The van der Waals surface area contributed by atoms with Crippen LogP contribution in [0.25, 0.3) is 11.3 Å². The van der Waals surface area contributed by atoms with Gasteiger partial charge in [-0.1, -0.05) is 19.0 Å². The van der Waals surface area contributed by atoms with Gasteiger partial charge in [0.1, 0.15) is 5.69 Å². The third-order valence-electron chi connectivity index (χ3n) is 3.89. The van der Waals surface area contributed by atoms with Gasteiger partial charge in [0, 0.05) is 25.1 Å². The number of rotatable bonds is 8. The Hall–Kier alpha value is -2.70. The largest absolute Gasteiger partial charge is 0.493 e. The Morgan fingerprint density at radius 1 is 1.12 bits per heavy atom. The first kappa shape index (κ1) is 19.6. The molecule has 0 aliphatic carbocycles. The Balaban J connectivity index is 2.30. The maximum Gasteiger partial charge on any atom is 0.219 e. The van der Waals surface area contributed by atoms with Crippen molar-refractivity contribution in [3.8, 4) is 28.6 Å². The molecule has 0 atom stereocenters. The second-order valence-electron chi connectivity index (χ2n) is 6.39. The molecule has 1 aromatic heterocycles. The van der Waals surface area contributed by atoms with Gasteiger partial charge in [0.25, 0.3) is 0 Å². The Bertz CT molecular complexity index is 729. The summed E-state index contributed by atoms with van der Waals surface area (Å²) in [7, 11) is 4.67. The van der Waals surface area contributed by atoms with Crippen molar-refractivity contribution in [3.05, 3.63) is 23.9 Å². The maximum absolute atomic E-state index is 11.8. The lowest BCUT2D eigenvalue weighted by Crippen LogP contribution is -2.31. The van der Waals surface area contributed by atoms with Crippen LogP contribution in [0.1, 0.15) is 26.5 Å². The summed E-state index contributed by atoms with van der Waals surface area (Å²) in [6, 6.07) is 5.40. The van der Waals surface area contributed by atoms with E-state index in [-0.39, 0.29) is 5.91 Å². The molecule has 0 bridgehead atoms. The number of carbonyl (C=O) groups is 1. The molecule has 0 aliphatic rings. The van der Waals surface area contributed by atoms with E-state index in [1.807, 2.05) is 6.07 Å². The van der Waals surface area contributed by atoms with E-state index >= 15 is 0 Å². The van der Waals surface area contributed by atoms with E-state index in [0.29, 0.717) is 47.7 Å². The predicted molar refractivity (Wildman–Crippen MR) is 97.5 cm³/mol. The molecule has 7 heteroatoms. The second-order valence-corrected chi connectivity index (χ2v) is 6.39. The molecule has 1 heterocycles. The van der Waals surface area contributed by atoms with Crippen molar-refractivity contribution < 1.29 is 23.5 Å². The molecular formula is C19H26N2O5. The fourth-order valence-corrected chi connectivity index (χ4v) is 2.69. The van der Waals surface area contributed by atoms with Gasteiger partial charge in [0.15, 0.2) is 17.3 Å². The summed E-state index contributed by atoms with van der Waals surface area (Å²) in [6.07, 6.45) is 0. The lowest BCUT2D eigenvalue weighted by Gasteiger charge is -2.21. The molecule has 1 aromatic carbocycles. The molecule has 0 spiro atoms. The van der Waals surface area contributed by atoms with E-state index in [1.165, 1.54) is 0 Å². The van der Waals surface area contributed by atoms with Crippen LogP contribution < -0.4 is 14.2 Å². The van der Waals surface area contributed by atoms with Crippen LogP contribution in [0, 0.1) is 5.92 Å². The minimum atomic E-state index is 0.0102. The lowest BCUT2D eigenvalue weighted by molar-refractivity contribution is -0.130. The monoisotopic (exact) mass is 362 g/mol. The summed E-state index contributed by atoms with van der Waals surface area (Å²) in [5, 5.41) is 4.09. The number of hydrogen-bond acceptors (Lipinski definition) is 6. The number of nitrogens with zero attached hydrogens (tertiary/aromatic N) is 2. The zero-order valence-electron chi connectivity index (χ0n) is 16.2. The summed E-state index contributed by atoms with van der Waals surface area (Å²) < 4.78 is 21.5. The van der Waals surface area contributed by atoms with Gasteiger partial charge < -0.3 is 23.6 Å². The quantitative estimate of drug-likeness (QED) is 0.717. The molecule has 0 fully saturated rings. The number of amides is 1. The van der Waals surface area contributed by atoms with Crippen LogP contribution in [-0.4, -0.2) is 43.8 Å². The average Bonchev–Trinajstić information content (AvgIpc) is 3.07. The first-order chi connectivity index (χ1) is 12.4. The van der Waals surface area contributed by atoms with Crippen LogP contribution in [0.3, 0.4) is 0 Å². The van der Waals surface area contributed by atoms with Crippen LogP contribution >= 0.6 is 0 Å². The van der Waals surface area contributed by atoms with Gasteiger partial charge in [-0.3, -0.25) is 4.79 Å². The SMILES string of the molecule is COc1cc(-c2cc(CN(CC(C)C)C(C)=O)no2)cc(OC)c1OC. The van der Waals surface area contributed by atoms with Gasteiger partial charge in [0.2, 0.25) is 11.7 Å². The predicted octanol–water partition coefficient (Wildman–Crippen LogP) is 3.37. The van der Waals surface area contributed by atoms with Crippen LogP contribution in [0.15, 0.2) is 22.7 Å². The highest BCUT2D eigenvalue weighted by Gasteiger charge is 2.18. The number of aromatic nitrogens is 1. The number of benzene rings is 1. The molecule has 0 aliphatic heterocycles. The molecule has 26 heavy (non-hydrogen) atoms. The third kappa shape index (κ3) is 4.47. The van der Waals surface area contributed by atoms with E-state index in [9.17, 15) is 4.79 Å². The van der Waals surface area contributed by atoms with E-state index in [1.54, 1.807) is 45.3 Å². The highest BCUT2D eigenvalue weighted by Crippen LogP contribution is 2.41. The zero-order valence-corrected chi connectivity index (χ0v) is 16.2. The summed E-state index contributed by atoms with van der Waals surface area (Å²) in [5.74, 6) is 2.52. The minimum absolute atomic E-state index is 0.0102. The van der Waals surface area contributed by atoms with Crippen molar-refractivity contribution in [1.29, 1.82) is 0 Å². The Labute approximate surface area is 153 Å². The number of hydrogen-bond donors (Lipinski definition) is 0. The molecule has 0 saturated heterocycles. The summed E-state index contributed by atoms with van der Waals surface area (Å²) in [4.78, 5) is 13.6. The number of ether oxygens (including phenoxy) is 3. The summed E-state index contributed by atoms with van der Waals surface area (Å²) in [6.45, 7) is 6.77. The van der Waals surface area contributed by atoms with E-state index in [0.717, 1.165) is 5.56 Å². The lowest BCUT2D eigenvalue weighted by atomic mass is 10.1. The number of methoxy groups -OCH3 is 3. The molecule has 2 rings (SSSR count). The fraction of sp³-hybridized carbons (Fsp3) is 0.474. The van der Waals surface area contributed by atoms with Crippen molar-refractivity contribution in [2.75, 3.05) is 27.9 Å². The van der Waals surface area contributed by atoms with Crippen molar-refractivity contribution in [2.45, 2.75) is 27.3 Å². The molecule has 142 valence electrons. The van der Waals surface area contributed by atoms with Crippen molar-refractivity contribution >= 4 is 5.91 Å².